The number of anilines is 2. The highest BCUT2D eigenvalue weighted by atomic mass is 32.2. The van der Waals surface area contributed by atoms with Crippen molar-refractivity contribution in [2.24, 2.45) is 5.73 Å². The lowest BCUT2D eigenvalue weighted by Crippen LogP contribution is -2.50. The molecule has 2 aliphatic heterocycles. The third kappa shape index (κ3) is 2.68. The van der Waals surface area contributed by atoms with Gasteiger partial charge in [-0.3, -0.25) is 14.5 Å². The Morgan fingerprint density at radius 3 is 2.91 bits per heavy atom. The number of hydrogen-bond acceptors (Lipinski definition) is 9. The average molecular weight is 465 g/mol. The highest BCUT2D eigenvalue weighted by Crippen LogP contribution is 2.55. The number of thioether (sulfide) groups is 1. The number of benzene rings is 1. The molecule has 162 valence electrons. The summed E-state index contributed by atoms with van der Waals surface area (Å²) in [7, 11) is 0. The second-order valence-electron chi connectivity index (χ2n) is 7.84. The van der Waals surface area contributed by atoms with Crippen LogP contribution in [0.4, 0.5) is 10.8 Å². The number of aryl methyl sites for hydroxylation is 1. The molecule has 1 aromatic heterocycles. The number of hydrogen-bond donors (Lipinski definition) is 2. The number of amides is 1. The van der Waals surface area contributed by atoms with Gasteiger partial charge < -0.3 is 11.1 Å². The van der Waals surface area contributed by atoms with Gasteiger partial charge in [0, 0.05) is 28.9 Å². The van der Waals surface area contributed by atoms with Gasteiger partial charge in [-0.05, 0) is 31.6 Å². The Balaban J connectivity index is 1.83. The normalized spacial score (nSPS) is 22.2. The summed E-state index contributed by atoms with van der Waals surface area (Å²) in [6, 6.07) is 7.74. The van der Waals surface area contributed by atoms with Crippen molar-refractivity contribution in [1.29, 1.82) is 5.26 Å². The molecule has 1 atom stereocenters. The first-order valence-electron chi connectivity index (χ1n) is 10.3. The minimum absolute atomic E-state index is 0.0493. The maximum atomic E-state index is 13.6. The SMILES string of the molecule is CCSc1nnc(N2C(N)=C(C#N)C3(C(=O)Nc4ccc(C)cc43)C3=C2CCCC3=O)s1. The van der Waals surface area contributed by atoms with Gasteiger partial charge >= 0.3 is 0 Å². The van der Waals surface area contributed by atoms with Crippen LogP contribution in [-0.4, -0.2) is 27.6 Å². The Labute approximate surface area is 193 Å². The van der Waals surface area contributed by atoms with Crippen LogP contribution < -0.4 is 16.0 Å². The lowest BCUT2D eigenvalue weighted by atomic mass is 9.64. The molecule has 1 aromatic carbocycles. The Hall–Kier alpha value is -3.16. The van der Waals surface area contributed by atoms with Gasteiger partial charge in [0.25, 0.3) is 0 Å². The average Bonchev–Trinajstić information content (AvgIpc) is 3.32. The first-order chi connectivity index (χ1) is 15.4. The van der Waals surface area contributed by atoms with Crippen LogP contribution in [0.2, 0.25) is 0 Å². The molecular weight excluding hydrogens is 444 g/mol. The fourth-order valence-corrected chi connectivity index (χ4v) is 6.57. The van der Waals surface area contributed by atoms with Crippen LogP contribution >= 0.6 is 23.1 Å². The maximum absolute atomic E-state index is 13.6. The van der Waals surface area contributed by atoms with Crippen molar-refractivity contribution >= 4 is 45.6 Å². The summed E-state index contributed by atoms with van der Waals surface area (Å²) in [5.41, 5.74) is 8.19. The number of nitriles is 1. The smallest absolute Gasteiger partial charge is 0.245 e. The number of aromatic nitrogens is 2. The number of carbonyl (C=O) groups excluding carboxylic acids is 2. The van der Waals surface area contributed by atoms with Crippen molar-refractivity contribution in [2.75, 3.05) is 16.0 Å². The summed E-state index contributed by atoms with van der Waals surface area (Å²) in [6.45, 7) is 3.94. The zero-order chi connectivity index (χ0) is 22.6. The van der Waals surface area contributed by atoms with Gasteiger partial charge in [-0.25, -0.2) is 0 Å². The zero-order valence-electron chi connectivity index (χ0n) is 17.6. The Bertz CT molecular complexity index is 1290. The minimum Gasteiger partial charge on any atom is -0.384 e. The van der Waals surface area contributed by atoms with E-state index in [4.69, 9.17) is 5.73 Å². The molecule has 0 radical (unpaired) electrons. The number of carbonyl (C=O) groups is 2. The van der Waals surface area contributed by atoms with E-state index >= 15 is 0 Å². The third-order valence-corrected chi connectivity index (χ3v) is 7.96. The molecule has 0 fully saturated rings. The van der Waals surface area contributed by atoms with Gasteiger partial charge in [0.1, 0.15) is 17.3 Å². The van der Waals surface area contributed by atoms with Crippen LogP contribution in [-0.2, 0) is 15.0 Å². The molecule has 1 amide bonds. The lowest BCUT2D eigenvalue weighted by molar-refractivity contribution is -0.122. The van der Waals surface area contributed by atoms with Crippen LogP contribution in [0.15, 0.2) is 45.2 Å². The highest BCUT2D eigenvalue weighted by Gasteiger charge is 2.60. The van der Waals surface area contributed by atoms with E-state index in [0.29, 0.717) is 46.9 Å². The number of Topliss-reactive ketones (excluding diaryl/α,β-unsaturated/α-hetero) is 1. The summed E-state index contributed by atoms with van der Waals surface area (Å²) < 4.78 is 0.776. The minimum atomic E-state index is -1.55. The van der Waals surface area contributed by atoms with Gasteiger partial charge in [-0.1, -0.05) is 47.7 Å². The van der Waals surface area contributed by atoms with Gasteiger partial charge in [-0.15, -0.1) is 10.2 Å². The van der Waals surface area contributed by atoms with E-state index in [-0.39, 0.29) is 17.2 Å². The quantitative estimate of drug-likeness (QED) is 0.663. The number of fused-ring (bicyclic) bond motifs is 3. The largest absolute Gasteiger partial charge is 0.384 e. The molecule has 8 nitrogen and oxygen atoms in total. The first kappa shape index (κ1) is 20.7. The van der Waals surface area contributed by atoms with Crippen molar-refractivity contribution in [3.63, 3.8) is 0 Å². The van der Waals surface area contributed by atoms with Crippen molar-refractivity contribution in [3.8, 4) is 6.07 Å². The first-order valence-corrected chi connectivity index (χ1v) is 12.1. The standard InChI is InChI=1S/C22H20N6O2S2/c1-3-31-21-27-26-20(32-21)28-15-5-4-6-16(29)17(15)22(13(10-23)18(28)24)12-9-11(2)7-8-14(12)25-19(22)30/h7-9H,3-6,24H2,1-2H3,(H,25,30). The topological polar surface area (TPSA) is 125 Å². The van der Waals surface area contributed by atoms with Crippen molar-refractivity contribution in [2.45, 2.75) is 42.9 Å². The fourth-order valence-electron chi connectivity index (χ4n) is 4.80. The van der Waals surface area contributed by atoms with E-state index in [2.05, 4.69) is 21.6 Å². The molecule has 1 unspecified atom stereocenters. The molecule has 0 bridgehead atoms. The molecule has 32 heavy (non-hydrogen) atoms. The molecular formula is C22H20N6O2S2. The van der Waals surface area contributed by atoms with Gasteiger partial charge in [0.15, 0.2) is 10.1 Å². The molecule has 5 rings (SSSR count). The summed E-state index contributed by atoms with van der Waals surface area (Å²) in [5.74, 6) is 0.401. The molecule has 3 N–H and O–H groups in total. The lowest BCUT2D eigenvalue weighted by Gasteiger charge is -2.42. The van der Waals surface area contributed by atoms with Gasteiger partial charge in [0.2, 0.25) is 11.0 Å². The molecule has 2 aromatic rings. The van der Waals surface area contributed by atoms with Crippen molar-refractivity contribution in [3.05, 3.63) is 52.0 Å². The number of nitrogens with zero attached hydrogens (tertiary/aromatic N) is 4. The van der Waals surface area contributed by atoms with Crippen molar-refractivity contribution in [1.82, 2.24) is 10.2 Å². The van der Waals surface area contributed by atoms with E-state index in [1.807, 2.05) is 26.0 Å². The van der Waals surface area contributed by atoms with Crippen LogP contribution in [0, 0.1) is 18.3 Å². The summed E-state index contributed by atoms with van der Waals surface area (Å²) in [4.78, 5) is 28.7. The Morgan fingerprint density at radius 2 is 2.16 bits per heavy atom. The van der Waals surface area contributed by atoms with E-state index in [9.17, 15) is 14.9 Å². The van der Waals surface area contributed by atoms with E-state index < -0.39 is 11.3 Å². The van der Waals surface area contributed by atoms with E-state index in [1.54, 1.807) is 22.7 Å². The molecule has 0 saturated heterocycles. The number of allylic oxidation sites excluding steroid dienone is 1. The monoisotopic (exact) mass is 464 g/mol. The van der Waals surface area contributed by atoms with E-state index in [0.717, 1.165) is 15.7 Å². The predicted octanol–water partition coefficient (Wildman–Crippen LogP) is 3.37. The van der Waals surface area contributed by atoms with Gasteiger partial charge in [-0.2, -0.15) is 5.26 Å². The fraction of sp³-hybridized carbons (Fsp3) is 0.318. The molecule has 0 saturated carbocycles. The second-order valence-corrected chi connectivity index (χ2v) is 10.3. The zero-order valence-corrected chi connectivity index (χ0v) is 19.2. The molecule has 10 heteroatoms. The predicted molar refractivity (Wildman–Crippen MR) is 123 cm³/mol. The second kappa shape index (κ2) is 7.46. The Kier molecular flexibility index (Phi) is 4.83. The molecule has 1 spiro atoms. The summed E-state index contributed by atoms with van der Waals surface area (Å²) in [6.07, 6.45) is 1.50. The van der Waals surface area contributed by atoms with Crippen molar-refractivity contribution < 1.29 is 9.59 Å². The molecule has 1 aliphatic carbocycles. The summed E-state index contributed by atoms with van der Waals surface area (Å²) >= 11 is 2.91. The Morgan fingerprint density at radius 1 is 1.34 bits per heavy atom. The number of nitrogens with two attached hydrogens (primary N) is 1. The highest BCUT2D eigenvalue weighted by molar-refractivity contribution is 8.01. The van der Waals surface area contributed by atoms with Gasteiger partial charge in [0.05, 0.1) is 5.57 Å². The number of rotatable bonds is 3. The van der Waals surface area contributed by atoms with Crippen LogP contribution in [0.1, 0.15) is 37.3 Å². The molecule has 3 aliphatic rings. The number of nitrogens with one attached hydrogen (secondary N) is 1. The maximum Gasteiger partial charge on any atom is 0.245 e. The third-order valence-electron chi connectivity index (χ3n) is 6.04. The van der Waals surface area contributed by atoms with E-state index in [1.165, 1.54) is 11.3 Å². The van der Waals surface area contributed by atoms with Crippen LogP contribution in [0.3, 0.4) is 0 Å². The van der Waals surface area contributed by atoms with Crippen LogP contribution in [0.5, 0.6) is 0 Å². The summed E-state index contributed by atoms with van der Waals surface area (Å²) in [5, 5.41) is 22.1. The molecule has 3 heterocycles. The van der Waals surface area contributed by atoms with Crippen LogP contribution in [0.25, 0.3) is 0 Å². The number of ketones is 1.